The number of rotatable bonds is 4. The second-order valence-electron chi connectivity index (χ2n) is 3.99. The second kappa shape index (κ2) is 5.57. The Hall–Kier alpha value is -2.61. The summed E-state index contributed by atoms with van der Waals surface area (Å²) in [5.74, 6) is 2.20. The van der Waals surface area contributed by atoms with Crippen molar-refractivity contribution in [1.82, 2.24) is 0 Å². The van der Waals surface area contributed by atoms with Crippen molar-refractivity contribution in [1.29, 1.82) is 5.26 Å². The first-order valence-corrected chi connectivity index (χ1v) is 5.91. The molecular formula is C15H15NO4. The zero-order valence-electron chi connectivity index (χ0n) is 11.8. The van der Waals surface area contributed by atoms with E-state index in [1.54, 1.807) is 39.5 Å². The maximum absolute atomic E-state index is 9.26. The molecule has 0 bridgehead atoms. The topological polar surface area (TPSA) is 60.7 Å². The van der Waals surface area contributed by atoms with Crippen LogP contribution in [-0.2, 0) is 0 Å². The lowest BCUT2D eigenvalue weighted by Gasteiger charge is -2.16. The lowest BCUT2D eigenvalue weighted by atomic mass is 10.0. The van der Waals surface area contributed by atoms with Gasteiger partial charge in [0.1, 0.15) is 29.1 Å². The fraction of sp³-hybridized carbons (Fsp3) is 0.267. The molecule has 0 aliphatic carbocycles. The molecule has 20 heavy (non-hydrogen) atoms. The first-order chi connectivity index (χ1) is 9.71. The van der Waals surface area contributed by atoms with Crippen molar-refractivity contribution >= 4 is 10.8 Å². The highest BCUT2D eigenvalue weighted by atomic mass is 16.5. The van der Waals surface area contributed by atoms with Crippen LogP contribution in [0.25, 0.3) is 10.8 Å². The monoisotopic (exact) mass is 273 g/mol. The molecule has 0 amide bonds. The molecule has 0 atom stereocenters. The molecular weight excluding hydrogens is 258 g/mol. The average molecular weight is 273 g/mol. The molecule has 2 aromatic carbocycles. The standard InChI is InChI=1S/C15H15NO4/c1-17-10-5-6-11(18-2)14-13(10)12(19-3)7-9(8-16)15(14)20-4/h5-7H,1-4H3. The van der Waals surface area contributed by atoms with E-state index in [1.807, 2.05) is 0 Å². The highest BCUT2D eigenvalue weighted by Gasteiger charge is 2.20. The summed E-state index contributed by atoms with van der Waals surface area (Å²) >= 11 is 0. The van der Waals surface area contributed by atoms with Crippen molar-refractivity contribution in [2.75, 3.05) is 28.4 Å². The molecule has 104 valence electrons. The smallest absolute Gasteiger partial charge is 0.148 e. The minimum absolute atomic E-state index is 0.378. The van der Waals surface area contributed by atoms with Gasteiger partial charge in [-0.05, 0) is 12.1 Å². The van der Waals surface area contributed by atoms with E-state index in [9.17, 15) is 5.26 Å². The van der Waals surface area contributed by atoms with Crippen LogP contribution < -0.4 is 18.9 Å². The Labute approximate surface area is 117 Å². The maximum atomic E-state index is 9.26. The Balaban J connectivity index is 3.05. The summed E-state index contributed by atoms with van der Waals surface area (Å²) in [6.45, 7) is 0. The highest BCUT2D eigenvalue weighted by molar-refractivity contribution is 6.03. The van der Waals surface area contributed by atoms with Gasteiger partial charge in [0.2, 0.25) is 0 Å². The van der Waals surface area contributed by atoms with E-state index in [2.05, 4.69) is 6.07 Å². The van der Waals surface area contributed by atoms with Gasteiger partial charge >= 0.3 is 0 Å². The second-order valence-corrected chi connectivity index (χ2v) is 3.99. The molecule has 0 unspecified atom stereocenters. The molecule has 0 aromatic heterocycles. The summed E-state index contributed by atoms with van der Waals surface area (Å²) in [5.41, 5.74) is 0.378. The number of nitriles is 1. The largest absolute Gasteiger partial charge is 0.496 e. The van der Waals surface area contributed by atoms with Gasteiger partial charge in [0, 0.05) is 6.07 Å². The Morgan fingerprint density at radius 3 is 1.80 bits per heavy atom. The molecule has 0 spiro atoms. The molecule has 2 rings (SSSR count). The molecule has 2 aromatic rings. The molecule has 0 aliphatic rings. The van der Waals surface area contributed by atoms with Crippen LogP contribution in [0.3, 0.4) is 0 Å². The van der Waals surface area contributed by atoms with Crippen LogP contribution in [0.2, 0.25) is 0 Å². The first kappa shape index (κ1) is 13.8. The predicted molar refractivity (Wildman–Crippen MR) is 74.9 cm³/mol. The Bertz CT molecular complexity index is 689. The number of hydrogen-bond donors (Lipinski definition) is 0. The zero-order valence-corrected chi connectivity index (χ0v) is 11.8. The fourth-order valence-corrected chi connectivity index (χ4v) is 2.23. The SMILES string of the molecule is COc1ccc(OC)c2c(OC)c(C#N)cc(OC)c12. The van der Waals surface area contributed by atoms with E-state index in [-0.39, 0.29) is 0 Å². The van der Waals surface area contributed by atoms with Gasteiger partial charge in [-0.15, -0.1) is 0 Å². The van der Waals surface area contributed by atoms with Crippen LogP contribution in [0.15, 0.2) is 18.2 Å². The van der Waals surface area contributed by atoms with Crippen molar-refractivity contribution in [2.45, 2.75) is 0 Å². The van der Waals surface area contributed by atoms with Crippen molar-refractivity contribution in [3.05, 3.63) is 23.8 Å². The van der Waals surface area contributed by atoms with E-state index in [1.165, 1.54) is 7.11 Å². The number of nitrogens with zero attached hydrogens (tertiary/aromatic N) is 1. The normalized spacial score (nSPS) is 9.95. The summed E-state index contributed by atoms with van der Waals surface area (Å²) in [4.78, 5) is 0. The molecule has 5 heteroatoms. The minimum atomic E-state index is 0.378. The van der Waals surface area contributed by atoms with Crippen molar-refractivity contribution in [3.63, 3.8) is 0 Å². The van der Waals surface area contributed by atoms with Crippen LogP contribution >= 0.6 is 0 Å². The third-order valence-corrected chi connectivity index (χ3v) is 3.11. The number of ether oxygens (including phenoxy) is 4. The van der Waals surface area contributed by atoms with Crippen LogP contribution in [0, 0.1) is 11.3 Å². The van der Waals surface area contributed by atoms with Crippen molar-refractivity contribution < 1.29 is 18.9 Å². The number of fused-ring (bicyclic) bond motifs is 1. The molecule has 5 nitrogen and oxygen atoms in total. The van der Waals surface area contributed by atoms with Crippen LogP contribution in [0.5, 0.6) is 23.0 Å². The summed E-state index contributed by atoms with van der Waals surface area (Å²) in [6.07, 6.45) is 0. The lowest BCUT2D eigenvalue weighted by Crippen LogP contribution is -1.97. The number of benzene rings is 2. The Kier molecular flexibility index (Phi) is 3.85. The number of hydrogen-bond acceptors (Lipinski definition) is 5. The maximum Gasteiger partial charge on any atom is 0.148 e. The van der Waals surface area contributed by atoms with Gasteiger partial charge < -0.3 is 18.9 Å². The third kappa shape index (κ3) is 1.95. The molecule has 0 saturated carbocycles. The molecule has 0 N–H and O–H groups in total. The molecule has 0 heterocycles. The van der Waals surface area contributed by atoms with Gasteiger partial charge in [-0.3, -0.25) is 0 Å². The van der Waals surface area contributed by atoms with Crippen LogP contribution in [0.1, 0.15) is 5.56 Å². The van der Waals surface area contributed by atoms with E-state index in [4.69, 9.17) is 18.9 Å². The van der Waals surface area contributed by atoms with Gasteiger partial charge in [-0.25, -0.2) is 0 Å². The summed E-state index contributed by atoms with van der Waals surface area (Å²) in [5, 5.41) is 10.6. The predicted octanol–water partition coefficient (Wildman–Crippen LogP) is 2.75. The fourth-order valence-electron chi connectivity index (χ4n) is 2.23. The summed E-state index contributed by atoms with van der Waals surface area (Å²) in [6, 6.07) is 7.28. The van der Waals surface area contributed by atoms with Crippen molar-refractivity contribution in [3.8, 4) is 29.1 Å². The highest BCUT2D eigenvalue weighted by Crippen LogP contribution is 2.45. The number of methoxy groups -OCH3 is 4. The average Bonchev–Trinajstić information content (AvgIpc) is 2.51. The van der Waals surface area contributed by atoms with E-state index >= 15 is 0 Å². The minimum Gasteiger partial charge on any atom is -0.496 e. The van der Waals surface area contributed by atoms with Gasteiger partial charge in [0.05, 0.1) is 44.8 Å². The Morgan fingerprint density at radius 1 is 0.800 bits per heavy atom. The third-order valence-electron chi connectivity index (χ3n) is 3.11. The molecule has 0 saturated heterocycles. The molecule has 0 aliphatic heterocycles. The summed E-state index contributed by atoms with van der Waals surface area (Å²) < 4.78 is 21.5. The zero-order chi connectivity index (χ0) is 14.7. The molecule has 0 radical (unpaired) electrons. The van der Waals surface area contributed by atoms with E-state index in [0.717, 1.165) is 0 Å². The van der Waals surface area contributed by atoms with E-state index in [0.29, 0.717) is 39.3 Å². The lowest BCUT2D eigenvalue weighted by molar-refractivity contribution is 0.391. The quantitative estimate of drug-likeness (QED) is 0.857. The van der Waals surface area contributed by atoms with E-state index < -0.39 is 0 Å². The van der Waals surface area contributed by atoms with Gasteiger partial charge in [0.15, 0.2) is 0 Å². The van der Waals surface area contributed by atoms with Gasteiger partial charge in [-0.1, -0.05) is 0 Å². The van der Waals surface area contributed by atoms with Gasteiger partial charge in [0.25, 0.3) is 0 Å². The van der Waals surface area contributed by atoms with Crippen molar-refractivity contribution in [2.24, 2.45) is 0 Å². The van der Waals surface area contributed by atoms with Gasteiger partial charge in [-0.2, -0.15) is 5.26 Å². The first-order valence-electron chi connectivity index (χ1n) is 5.91. The van der Waals surface area contributed by atoms with Crippen LogP contribution in [0.4, 0.5) is 0 Å². The summed E-state index contributed by atoms with van der Waals surface area (Å²) in [7, 11) is 6.19. The molecule has 0 fully saturated rings. The Morgan fingerprint density at radius 2 is 1.35 bits per heavy atom. The van der Waals surface area contributed by atoms with Crippen LogP contribution in [-0.4, -0.2) is 28.4 Å².